The van der Waals surface area contributed by atoms with E-state index in [4.69, 9.17) is 11.6 Å². The van der Waals surface area contributed by atoms with Crippen molar-refractivity contribution in [3.8, 4) is 0 Å². The Morgan fingerprint density at radius 1 is 1.44 bits per heavy atom. The molecule has 88 valence electrons. The molecule has 1 rings (SSSR count). The lowest BCUT2D eigenvalue weighted by Crippen LogP contribution is -2.23. The van der Waals surface area contributed by atoms with Gasteiger partial charge in [0.05, 0.1) is 4.92 Å². The minimum atomic E-state index is -0.522. The fraction of sp³-hybridized carbons (Fsp3) is 0.600. The van der Waals surface area contributed by atoms with Gasteiger partial charge in [0, 0.05) is 11.8 Å². The second kappa shape index (κ2) is 4.74. The topological polar surface area (TPSA) is 68.9 Å². The van der Waals surface area contributed by atoms with Gasteiger partial charge in [-0.2, -0.15) is 0 Å². The number of alkyl halides is 1. The summed E-state index contributed by atoms with van der Waals surface area (Å²) in [5, 5.41) is 10.3. The zero-order valence-corrected chi connectivity index (χ0v) is 10.2. The van der Waals surface area contributed by atoms with E-state index in [1.54, 1.807) is 0 Å². The Bertz CT molecular complexity index is 373. The summed E-state index contributed by atoms with van der Waals surface area (Å²) in [6.07, 6.45) is 2.91. The summed E-state index contributed by atoms with van der Waals surface area (Å²) in [5.41, 5.74) is -0.155. The molecule has 1 aromatic rings. The minimum absolute atomic E-state index is 0.0489. The Balaban J connectivity index is 2.73. The highest BCUT2D eigenvalue weighted by atomic mass is 35.5. The zero-order valence-electron chi connectivity index (χ0n) is 9.48. The quantitative estimate of drug-likeness (QED) is 0.465. The Kier molecular flexibility index (Phi) is 3.80. The van der Waals surface area contributed by atoms with Crippen LogP contribution in [0.5, 0.6) is 0 Å². The lowest BCUT2D eigenvalue weighted by molar-refractivity contribution is -0.385. The van der Waals surface area contributed by atoms with Crippen LogP contribution in [-0.4, -0.2) is 20.3 Å². The van der Waals surface area contributed by atoms with E-state index in [9.17, 15) is 10.1 Å². The van der Waals surface area contributed by atoms with Gasteiger partial charge in [0.15, 0.2) is 0 Å². The molecule has 6 heteroatoms. The fourth-order valence-electron chi connectivity index (χ4n) is 1.01. The third-order valence-corrected chi connectivity index (χ3v) is 3.01. The highest BCUT2D eigenvalue weighted by molar-refractivity contribution is 6.21. The molecule has 1 heterocycles. The van der Waals surface area contributed by atoms with Gasteiger partial charge < -0.3 is 0 Å². The Morgan fingerprint density at radius 3 is 2.31 bits per heavy atom. The summed E-state index contributed by atoms with van der Waals surface area (Å²) in [6.45, 7) is 6.07. The van der Waals surface area contributed by atoms with Crippen molar-refractivity contribution in [2.45, 2.75) is 32.6 Å². The molecule has 0 spiro atoms. The molecule has 5 nitrogen and oxygen atoms in total. The number of nitro groups is 1. The van der Waals surface area contributed by atoms with Crippen LogP contribution in [-0.2, 0) is 6.42 Å². The number of halogens is 1. The highest BCUT2D eigenvalue weighted by Crippen LogP contribution is 2.26. The Hall–Kier alpha value is -1.23. The van der Waals surface area contributed by atoms with Crippen LogP contribution in [0.1, 0.15) is 26.6 Å². The van der Waals surface area contributed by atoms with Gasteiger partial charge in [-0.25, -0.2) is 9.97 Å². The highest BCUT2D eigenvalue weighted by Gasteiger charge is 2.23. The van der Waals surface area contributed by atoms with Gasteiger partial charge in [0.25, 0.3) is 0 Å². The molecule has 16 heavy (non-hydrogen) atoms. The van der Waals surface area contributed by atoms with Crippen LogP contribution in [0.15, 0.2) is 12.4 Å². The van der Waals surface area contributed by atoms with E-state index in [0.29, 0.717) is 12.2 Å². The van der Waals surface area contributed by atoms with Crippen molar-refractivity contribution >= 4 is 17.3 Å². The second-order valence-corrected chi connectivity index (χ2v) is 5.18. The maximum atomic E-state index is 10.4. The zero-order chi connectivity index (χ0) is 12.3. The second-order valence-electron chi connectivity index (χ2n) is 4.65. The van der Waals surface area contributed by atoms with Crippen molar-refractivity contribution < 1.29 is 4.92 Å². The normalized spacial score (nSPS) is 13.5. The molecule has 0 saturated carbocycles. The Morgan fingerprint density at radius 2 is 1.94 bits per heavy atom. The van der Waals surface area contributed by atoms with Crippen molar-refractivity contribution in [2.24, 2.45) is 5.41 Å². The van der Waals surface area contributed by atoms with Crippen molar-refractivity contribution in [3.05, 3.63) is 28.3 Å². The maximum Gasteiger partial charge on any atom is 0.305 e. The van der Waals surface area contributed by atoms with Crippen molar-refractivity contribution in [2.75, 3.05) is 0 Å². The monoisotopic (exact) mass is 243 g/mol. The molecule has 0 amide bonds. The first-order valence-corrected chi connectivity index (χ1v) is 5.33. The van der Waals surface area contributed by atoms with Crippen LogP contribution < -0.4 is 0 Å². The van der Waals surface area contributed by atoms with Gasteiger partial charge in [-0.3, -0.25) is 10.1 Å². The van der Waals surface area contributed by atoms with Gasteiger partial charge in [0.2, 0.25) is 0 Å². The number of nitrogens with zero attached hydrogens (tertiary/aromatic N) is 3. The average molecular weight is 244 g/mol. The number of hydrogen-bond acceptors (Lipinski definition) is 4. The lowest BCUT2D eigenvalue weighted by Gasteiger charge is -2.24. The summed E-state index contributed by atoms with van der Waals surface area (Å²) < 4.78 is 0. The molecule has 0 fully saturated rings. The maximum absolute atomic E-state index is 10.4. The van der Waals surface area contributed by atoms with Crippen molar-refractivity contribution in [1.82, 2.24) is 9.97 Å². The molecular formula is C10H14ClN3O2. The first-order chi connectivity index (χ1) is 7.30. The van der Waals surface area contributed by atoms with Crippen LogP contribution in [0.25, 0.3) is 0 Å². The van der Waals surface area contributed by atoms with Gasteiger partial charge in [-0.15, -0.1) is 11.6 Å². The van der Waals surface area contributed by atoms with Crippen molar-refractivity contribution in [3.63, 3.8) is 0 Å². The number of rotatable bonds is 3. The van der Waals surface area contributed by atoms with E-state index in [1.807, 2.05) is 20.8 Å². The van der Waals surface area contributed by atoms with E-state index in [0.717, 1.165) is 0 Å². The minimum Gasteiger partial charge on any atom is -0.258 e. The standard InChI is InChI=1S/C10H14ClN3O2/c1-10(2,3)8(11)4-9-12-5-7(6-13-9)14(15)16/h5-6,8H,4H2,1-3H3. The van der Waals surface area contributed by atoms with Crippen LogP contribution in [0.4, 0.5) is 5.69 Å². The smallest absolute Gasteiger partial charge is 0.258 e. The van der Waals surface area contributed by atoms with Crippen LogP contribution in [0.3, 0.4) is 0 Å². The largest absolute Gasteiger partial charge is 0.305 e. The third kappa shape index (κ3) is 3.41. The SMILES string of the molecule is CC(C)(C)C(Cl)Cc1ncc([N+](=O)[O-])cn1. The molecule has 1 unspecified atom stereocenters. The Labute approximate surface area is 99.0 Å². The third-order valence-electron chi connectivity index (χ3n) is 2.20. The molecule has 0 bridgehead atoms. The van der Waals surface area contributed by atoms with Crippen LogP contribution >= 0.6 is 11.6 Å². The molecule has 0 saturated heterocycles. The number of hydrogen-bond donors (Lipinski definition) is 0. The summed E-state index contributed by atoms with van der Waals surface area (Å²) in [7, 11) is 0. The van der Waals surface area contributed by atoms with Crippen LogP contribution in [0, 0.1) is 15.5 Å². The molecule has 1 atom stereocenters. The molecule has 0 aromatic carbocycles. The molecule has 1 aromatic heterocycles. The average Bonchev–Trinajstić information content (AvgIpc) is 2.17. The predicted molar refractivity (Wildman–Crippen MR) is 61.5 cm³/mol. The first-order valence-electron chi connectivity index (χ1n) is 4.90. The van der Waals surface area contributed by atoms with Gasteiger partial charge in [-0.1, -0.05) is 20.8 Å². The summed E-state index contributed by atoms with van der Waals surface area (Å²) >= 11 is 6.18. The van der Waals surface area contributed by atoms with Crippen LogP contribution in [0.2, 0.25) is 0 Å². The van der Waals surface area contributed by atoms with E-state index >= 15 is 0 Å². The summed E-state index contributed by atoms with van der Waals surface area (Å²) in [6, 6.07) is 0. The molecular weight excluding hydrogens is 230 g/mol. The first kappa shape index (κ1) is 12.8. The lowest BCUT2D eigenvalue weighted by atomic mass is 9.90. The van der Waals surface area contributed by atoms with Gasteiger partial charge in [-0.05, 0) is 5.41 Å². The molecule has 0 aliphatic heterocycles. The van der Waals surface area contributed by atoms with E-state index in [1.165, 1.54) is 12.4 Å². The summed E-state index contributed by atoms with van der Waals surface area (Å²) in [4.78, 5) is 17.7. The van der Waals surface area contributed by atoms with E-state index < -0.39 is 4.92 Å². The summed E-state index contributed by atoms with van der Waals surface area (Å²) in [5.74, 6) is 0.528. The fourth-order valence-corrected chi connectivity index (χ4v) is 1.15. The number of aromatic nitrogens is 2. The van der Waals surface area contributed by atoms with Gasteiger partial charge >= 0.3 is 5.69 Å². The molecule has 0 radical (unpaired) electrons. The van der Waals surface area contributed by atoms with Crippen molar-refractivity contribution in [1.29, 1.82) is 0 Å². The predicted octanol–water partition coefficient (Wildman–Crippen LogP) is 2.58. The molecule has 0 aliphatic rings. The molecule has 0 N–H and O–H groups in total. The van der Waals surface area contributed by atoms with E-state index in [2.05, 4.69) is 9.97 Å². The molecule has 0 aliphatic carbocycles. The van der Waals surface area contributed by atoms with Gasteiger partial charge in [0.1, 0.15) is 18.2 Å². The van der Waals surface area contributed by atoms with E-state index in [-0.39, 0.29) is 16.5 Å².